The Hall–Kier alpha value is -2.02. The van der Waals surface area contributed by atoms with Gasteiger partial charge in [-0.25, -0.2) is 8.42 Å². The summed E-state index contributed by atoms with van der Waals surface area (Å²) in [4.78, 5) is 0.0806. The van der Waals surface area contributed by atoms with Crippen LogP contribution in [-0.4, -0.2) is 25.7 Å². The first kappa shape index (κ1) is 11.5. The maximum absolute atomic E-state index is 12.0. The molecule has 0 aliphatic rings. The van der Waals surface area contributed by atoms with E-state index >= 15 is 0 Å². The molecule has 0 unspecified atom stereocenters. The largest absolute Gasteiger partial charge is 0.495 e. The molecule has 0 atom stereocenters. The fourth-order valence-electron chi connectivity index (χ4n) is 1.35. The van der Waals surface area contributed by atoms with Gasteiger partial charge < -0.3 is 4.74 Å². The number of methoxy groups -OCH3 is 1. The smallest absolute Gasteiger partial charge is 0.266 e. The Morgan fingerprint density at radius 2 is 2.06 bits per heavy atom. The van der Waals surface area contributed by atoms with Crippen LogP contribution in [0.1, 0.15) is 0 Å². The van der Waals surface area contributed by atoms with Gasteiger partial charge in [-0.3, -0.25) is 9.82 Å². The van der Waals surface area contributed by atoms with Crippen LogP contribution >= 0.6 is 0 Å². The summed E-state index contributed by atoms with van der Waals surface area (Å²) < 4.78 is 31.5. The number of para-hydroxylation sites is 1. The normalized spacial score (nSPS) is 11.1. The summed E-state index contributed by atoms with van der Waals surface area (Å²) in [6, 6.07) is 7.91. The van der Waals surface area contributed by atoms with Crippen LogP contribution in [0.5, 0.6) is 5.75 Å². The molecule has 2 rings (SSSR count). The fourth-order valence-corrected chi connectivity index (χ4v) is 2.54. The molecule has 0 radical (unpaired) electrons. The van der Waals surface area contributed by atoms with Crippen molar-refractivity contribution in [1.82, 2.24) is 10.2 Å². The second-order valence-electron chi connectivity index (χ2n) is 3.23. The number of aromatic nitrogens is 2. The van der Waals surface area contributed by atoms with Gasteiger partial charge in [-0.1, -0.05) is 12.1 Å². The van der Waals surface area contributed by atoms with E-state index in [0.717, 1.165) is 0 Å². The molecule has 1 aromatic carbocycles. The minimum Gasteiger partial charge on any atom is -0.495 e. The van der Waals surface area contributed by atoms with E-state index in [1.807, 2.05) is 0 Å². The standard InChI is InChI=1S/C10H11N3O3S/c1-16-8-4-2-3-5-9(8)17(14,15)13-10-6-7-11-12-10/h2-7H,1H3,(H2,11,12,13). The zero-order valence-corrected chi connectivity index (χ0v) is 9.86. The van der Waals surface area contributed by atoms with Crippen molar-refractivity contribution in [2.75, 3.05) is 11.8 Å². The van der Waals surface area contributed by atoms with Crippen LogP contribution < -0.4 is 9.46 Å². The number of aromatic amines is 1. The van der Waals surface area contributed by atoms with E-state index in [4.69, 9.17) is 4.74 Å². The monoisotopic (exact) mass is 253 g/mol. The highest BCUT2D eigenvalue weighted by Crippen LogP contribution is 2.24. The first-order chi connectivity index (χ1) is 8.13. The molecule has 2 aromatic rings. The molecule has 0 spiro atoms. The second-order valence-corrected chi connectivity index (χ2v) is 4.88. The lowest BCUT2D eigenvalue weighted by Gasteiger charge is -2.09. The third-order valence-corrected chi connectivity index (χ3v) is 3.51. The predicted octanol–water partition coefficient (Wildman–Crippen LogP) is 1.22. The van der Waals surface area contributed by atoms with Gasteiger partial charge in [-0.15, -0.1) is 0 Å². The SMILES string of the molecule is COc1ccccc1S(=O)(=O)Nc1ccn[nH]1. The quantitative estimate of drug-likeness (QED) is 0.858. The Bertz CT molecular complexity index is 593. The summed E-state index contributed by atoms with van der Waals surface area (Å²) in [5, 5.41) is 6.18. The maximum atomic E-state index is 12.0. The zero-order valence-electron chi connectivity index (χ0n) is 9.04. The third kappa shape index (κ3) is 2.39. The van der Waals surface area contributed by atoms with Crippen LogP contribution in [0.15, 0.2) is 41.4 Å². The molecule has 6 nitrogen and oxygen atoms in total. The molecule has 7 heteroatoms. The molecular weight excluding hydrogens is 242 g/mol. The number of benzene rings is 1. The minimum absolute atomic E-state index is 0.0806. The Morgan fingerprint density at radius 3 is 2.71 bits per heavy atom. The number of hydrogen-bond donors (Lipinski definition) is 2. The summed E-state index contributed by atoms with van der Waals surface area (Å²) >= 11 is 0. The molecule has 0 aliphatic carbocycles. The average Bonchev–Trinajstić information content (AvgIpc) is 2.81. The first-order valence-corrected chi connectivity index (χ1v) is 6.27. The number of hydrogen-bond acceptors (Lipinski definition) is 4. The molecule has 1 heterocycles. The Kier molecular flexibility index (Phi) is 3.01. The van der Waals surface area contributed by atoms with Gasteiger partial charge in [0.1, 0.15) is 16.5 Å². The van der Waals surface area contributed by atoms with Gasteiger partial charge >= 0.3 is 0 Å². The van der Waals surface area contributed by atoms with Crippen molar-refractivity contribution in [2.24, 2.45) is 0 Å². The highest BCUT2D eigenvalue weighted by atomic mass is 32.2. The van der Waals surface area contributed by atoms with Crippen molar-refractivity contribution >= 4 is 15.8 Å². The number of ether oxygens (including phenoxy) is 1. The minimum atomic E-state index is -3.67. The third-order valence-electron chi connectivity index (χ3n) is 2.10. The topological polar surface area (TPSA) is 84.1 Å². The zero-order chi connectivity index (χ0) is 12.3. The van der Waals surface area contributed by atoms with Gasteiger partial charge in [0.2, 0.25) is 0 Å². The van der Waals surface area contributed by atoms with Gasteiger partial charge in [0.15, 0.2) is 0 Å². The lowest BCUT2D eigenvalue weighted by Crippen LogP contribution is -2.14. The number of H-pyrrole nitrogens is 1. The van der Waals surface area contributed by atoms with E-state index in [9.17, 15) is 8.42 Å². The Labute approximate surface area is 98.7 Å². The molecule has 1 aromatic heterocycles. The first-order valence-electron chi connectivity index (χ1n) is 4.79. The van der Waals surface area contributed by atoms with Crippen LogP contribution in [0.2, 0.25) is 0 Å². The maximum Gasteiger partial charge on any atom is 0.266 e. The van der Waals surface area contributed by atoms with E-state index in [1.165, 1.54) is 25.4 Å². The van der Waals surface area contributed by atoms with Crippen molar-refractivity contribution in [1.29, 1.82) is 0 Å². The molecular formula is C10H11N3O3S. The van der Waals surface area contributed by atoms with Crippen molar-refractivity contribution in [3.8, 4) is 5.75 Å². The molecule has 17 heavy (non-hydrogen) atoms. The van der Waals surface area contributed by atoms with E-state index < -0.39 is 10.0 Å². The molecule has 2 N–H and O–H groups in total. The van der Waals surface area contributed by atoms with E-state index in [-0.39, 0.29) is 4.90 Å². The summed E-state index contributed by atoms with van der Waals surface area (Å²) in [6.45, 7) is 0. The average molecular weight is 253 g/mol. The van der Waals surface area contributed by atoms with Crippen LogP contribution in [0.4, 0.5) is 5.82 Å². The lowest BCUT2D eigenvalue weighted by molar-refractivity contribution is 0.403. The summed E-state index contributed by atoms with van der Waals surface area (Å²) in [6.07, 6.45) is 1.46. The van der Waals surface area contributed by atoms with Crippen LogP contribution in [0.3, 0.4) is 0 Å². The van der Waals surface area contributed by atoms with E-state index in [2.05, 4.69) is 14.9 Å². The van der Waals surface area contributed by atoms with Gasteiger partial charge in [0.25, 0.3) is 10.0 Å². The number of rotatable bonds is 4. The number of sulfonamides is 1. The van der Waals surface area contributed by atoms with E-state index in [1.54, 1.807) is 18.2 Å². The highest BCUT2D eigenvalue weighted by molar-refractivity contribution is 7.92. The molecule has 0 saturated carbocycles. The Morgan fingerprint density at radius 1 is 1.29 bits per heavy atom. The molecule has 0 bridgehead atoms. The molecule has 0 fully saturated rings. The van der Waals surface area contributed by atoms with Gasteiger partial charge in [0, 0.05) is 6.07 Å². The van der Waals surface area contributed by atoms with Crippen LogP contribution in [0.25, 0.3) is 0 Å². The molecule has 0 amide bonds. The highest BCUT2D eigenvalue weighted by Gasteiger charge is 2.19. The Balaban J connectivity index is 2.38. The van der Waals surface area contributed by atoms with Crippen LogP contribution in [0, 0.1) is 0 Å². The number of nitrogens with zero attached hydrogens (tertiary/aromatic N) is 1. The van der Waals surface area contributed by atoms with Crippen LogP contribution in [-0.2, 0) is 10.0 Å². The lowest BCUT2D eigenvalue weighted by atomic mass is 10.3. The van der Waals surface area contributed by atoms with Crippen molar-refractivity contribution in [3.05, 3.63) is 36.5 Å². The summed E-state index contributed by atoms with van der Waals surface area (Å²) in [7, 11) is -2.25. The van der Waals surface area contributed by atoms with Crippen molar-refractivity contribution < 1.29 is 13.2 Å². The summed E-state index contributed by atoms with van der Waals surface area (Å²) in [5.74, 6) is 0.593. The number of anilines is 1. The molecule has 90 valence electrons. The molecule has 0 saturated heterocycles. The molecule has 0 aliphatic heterocycles. The van der Waals surface area contributed by atoms with Gasteiger partial charge in [-0.2, -0.15) is 5.10 Å². The second kappa shape index (κ2) is 4.46. The predicted molar refractivity (Wildman–Crippen MR) is 62.4 cm³/mol. The number of nitrogens with one attached hydrogen (secondary N) is 2. The van der Waals surface area contributed by atoms with E-state index in [0.29, 0.717) is 11.6 Å². The van der Waals surface area contributed by atoms with Gasteiger partial charge in [0.05, 0.1) is 13.3 Å². The summed E-state index contributed by atoms with van der Waals surface area (Å²) in [5.41, 5.74) is 0. The van der Waals surface area contributed by atoms with Crippen molar-refractivity contribution in [2.45, 2.75) is 4.90 Å². The fraction of sp³-hybridized carbons (Fsp3) is 0.100. The van der Waals surface area contributed by atoms with Crippen molar-refractivity contribution in [3.63, 3.8) is 0 Å². The van der Waals surface area contributed by atoms with Gasteiger partial charge in [-0.05, 0) is 12.1 Å².